The van der Waals surface area contributed by atoms with Crippen molar-refractivity contribution in [1.82, 2.24) is 9.78 Å². The zero-order chi connectivity index (χ0) is 25.4. The second kappa shape index (κ2) is 8.77. The largest absolute Gasteiger partial charge is 0.573 e. The van der Waals surface area contributed by atoms with E-state index < -0.39 is 41.8 Å². The minimum atomic E-state index is -5.14. The highest BCUT2D eigenvalue weighted by atomic mass is 19.4. The van der Waals surface area contributed by atoms with E-state index >= 15 is 0 Å². The summed E-state index contributed by atoms with van der Waals surface area (Å²) in [7, 11) is 0. The van der Waals surface area contributed by atoms with Crippen molar-refractivity contribution in [3.63, 3.8) is 0 Å². The number of nitrogens with one attached hydrogen (secondary N) is 1. The Labute approximate surface area is 193 Å². The first kappa shape index (κ1) is 24.3. The predicted molar refractivity (Wildman–Crippen MR) is 113 cm³/mol. The molecule has 184 valence electrons. The summed E-state index contributed by atoms with van der Waals surface area (Å²) in [6.45, 7) is -1.09. The molecule has 4 rings (SSSR count). The minimum absolute atomic E-state index is 0.125. The number of anilines is 1. The standard InChI is InChI=1S/C23H16F7N3O2/c24-16-5-7-18(8-6-16)33-20-9-4-15(10-14(20)12-32-33)21(34,22(25,26)27)13-31-17-2-1-3-19(11-17)35-23(28,29)30/h1-12,31,34H,13H2. The van der Waals surface area contributed by atoms with Crippen LogP contribution in [0.1, 0.15) is 5.56 Å². The van der Waals surface area contributed by atoms with E-state index in [-0.39, 0.29) is 11.1 Å². The van der Waals surface area contributed by atoms with Gasteiger partial charge in [-0.05, 0) is 54.1 Å². The fourth-order valence-corrected chi connectivity index (χ4v) is 3.48. The highest BCUT2D eigenvalue weighted by Crippen LogP contribution is 2.40. The van der Waals surface area contributed by atoms with Crippen LogP contribution in [-0.2, 0) is 5.60 Å². The highest BCUT2D eigenvalue weighted by molar-refractivity contribution is 5.81. The van der Waals surface area contributed by atoms with Gasteiger partial charge in [-0.15, -0.1) is 13.2 Å². The molecule has 2 N–H and O–H groups in total. The van der Waals surface area contributed by atoms with Crippen LogP contribution in [-0.4, -0.2) is 34.0 Å². The molecule has 0 aliphatic heterocycles. The van der Waals surface area contributed by atoms with Crippen molar-refractivity contribution in [1.29, 1.82) is 0 Å². The molecule has 0 saturated heterocycles. The summed E-state index contributed by atoms with van der Waals surface area (Å²) in [5, 5.41) is 17.4. The Morgan fingerprint density at radius 1 is 0.914 bits per heavy atom. The first-order chi connectivity index (χ1) is 16.4. The van der Waals surface area contributed by atoms with Gasteiger partial charge >= 0.3 is 12.5 Å². The molecule has 1 aromatic heterocycles. The average molecular weight is 499 g/mol. The fourth-order valence-electron chi connectivity index (χ4n) is 3.48. The number of halogens is 7. The topological polar surface area (TPSA) is 59.3 Å². The van der Waals surface area contributed by atoms with E-state index in [0.717, 1.165) is 30.3 Å². The zero-order valence-corrected chi connectivity index (χ0v) is 17.5. The van der Waals surface area contributed by atoms with E-state index in [4.69, 9.17) is 0 Å². The zero-order valence-electron chi connectivity index (χ0n) is 17.5. The van der Waals surface area contributed by atoms with E-state index in [2.05, 4.69) is 15.2 Å². The van der Waals surface area contributed by atoms with Crippen LogP contribution in [0.5, 0.6) is 5.75 Å². The molecule has 0 radical (unpaired) electrons. The third kappa shape index (κ3) is 5.16. The molecule has 12 heteroatoms. The van der Waals surface area contributed by atoms with Gasteiger partial charge in [0.2, 0.25) is 5.60 Å². The van der Waals surface area contributed by atoms with Crippen LogP contribution >= 0.6 is 0 Å². The third-order valence-electron chi connectivity index (χ3n) is 5.20. The number of ether oxygens (including phenoxy) is 1. The fraction of sp³-hybridized carbons (Fsp3) is 0.174. The van der Waals surface area contributed by atoms with E-state index in [1.165, 1.54) is 47.3 Å². The summed E-state index contributed by atoms with van der Waals surface area (Å²) < 4.78 is 97.6. The Morgan fingerprint density at radius 3 is 2.29 bits per heavy atom. The van der Waals surface area contributed by atoms with E-state index in [1.54, 1.807) is 0 Å². The first-order valence-corrected chi connectivity index (χ1v) is 9.99. The first-order valence-electron chi connectivity index (χ1n) is 9.99. The van der Waals surface area contributed by atoms with Crippen molar-refractivity contribution in [3.8, 4) is 11.4 Å². The molecular weight excluding hydrogens is 483 g/mol. The number of alkyl halides is 6. The summed E-state index contributed by atoms with van der Waals surface area (Å²) in [6, 6.07) is 13.1. The normalized spacial score (nSPS) is 14.1. The van der Waals surface area contributed by atoms with Crippen LogP contribution in [0.15, 0.2) is 72.9 Å². The van der Waals surface area contributed by atoms with Gasteiger partial charge in [-0.3, -0.25) is 0 Å². The number of aromatic nitrogens is 2. The lowest BCUT2D eigenvalue weighted by molar-refractivity contribution is -0.274. The van der Waals surface area contributed by atoms with Gasteiger partial charge in [0.15, 0.2) is 0 Å². The summed E-state index contributed by atoms with van der Waals surface area (Å²) in [6.07, 6.45) is -8.82. The molecule has 3 aromatic carbocycles. The molecule has 4 aromatic rings. The van der Waals surface area contributed by atoms with Gasteiger partial charge in [0.1, 0.15) is 11.6 Å². The Kier molecular flexibility index (Phi) is 6.09. The lowest BCUT2D eigenvalue weighted by Gasteiger charge is -2.31. The second-order valence-electron chi connectivity index (χ2n) is 7.59. The van der Waals surface area contributed by atoms with Gasteiger partial charge in [0, 0.05) is 17.1 Å². The maximum Gasteiger partial charge on any atom is 0.573 e. The second-order valence-corrected chi connectivity index (χ2v) is 7.59. The molecule has 0 saturated carbocycles. The molecule has 1 heterocycles. The number of benzene rings is 3. The Hall–Kier alpha value is -3.80. The highest BCUT2D eigenvalue weighted by Gasteiger charge is 2.55. The van der Waals surface area contributed by atoms with Crippen molar-refractivity contribution in [2.75, 3.05) is 11.9 Å². The van der Waals surface area contributed by atoms with Crippen LogP contribution in [0.4, 0.5) is 36.4 Å². The van der Waals surface area contributed by atoms with Crippen LogP contribution < -0.4 is 10.1 Å². The number of nitrogens with zero attached hydrogens (tertiary/aromatic N) is 2. The predicted octanol–water partition coefficient (Wildman–Crippen LogP) is 5.93. The van der Waals surface area contributed by atoms with Crippen LogP contribution in [0.2, 0.25) is 0 Å². The van der Waals surface area contributed by atoms with Crippen molar-refractivity contribution in [2.24, 2.45) is 0 Å². The molecule has 5 nitrogen and oxygen atoms in total. The van der Waals surface area contributed by atoms with Crippen molar-refractivity contribution < 1.29 is 40.6 Å². The lowest BCUT2D eigenvalue weighted by atomic mass is 9.92. The summed E-state index contributed by atoms with van der Waals surface area (Å²) >= 11 is 0. The van der Waals surface area contributed by atoms with Gasteiger partial charge in [-0.25, -0.2) is 9.07 Å². The lowest BCUT2D eigenvalue weighted by Crippen LogP contribution is -2.47. The Bertz CT molecular complexity index is 1330. The smallest absolute Gasteiger partial charge is 0.406 e. The number of fused-ring (bicyclic) bond motifs is 1. The maximum absolute atomic E-state index is 14.0. The third-order valence-corrected chi connectivity index (χ3v) is 5.20. The van der Waals surface area contributed by atoms with Crippen LogP contribution in [0, 0.1) is 5.82 Å². The molecule has 0 fully saturated rings. The number of hydrogen-bond donors (Lipinski definition) is 2. The average Bonchev–Trinajstić information content (AvgIpc) is 3.19. The minimum Gasteiger partial charge on any atom is -0.406 e. The molecular formula is C23H16F7N3O2. The van der Waals surface area contributed by atoms with Gasteiger partial charge in [-0.1, -0.05) is 12.1 Å². The molecule has 0 amide bonds. The molecule has 0 aliphatic rings. The molecule has 1 atom stereocenters. The molecule has 1 unspecified atom stereocenters. The van der Waals surface area contributed by atoms with Crippen LogP contribution in [0.25, 0.3) is 16.6 Å². The molecule has 0 aliphatic carbocycles. The monoisotopic (exact) mass is 499 g/mol. The van der Waals surface area contributed by atoms with E-state index in [1.807, 2.05) is 0 Å². The Balaban J connectivity index is 1.63. The van der Waals surface area contributed by atoms with Crippen LogP contribution in [0.3, 0.4) is 0 Å². The van der Waals surface area contributed by atoms with Gasteiger partial charge in [0.25, 0.3) is 0 Å². The number of hydrogen-bond acceptors (Lipinski definition) is 4. The van der Waals surface area contributed by atoms with Crippen molar-refractivity contribution in [3.05, 3.63) is 84.3 Å². The van der Waals surface area contributed by atoms with Gasteiger partial charge in [0.05, 0.1) is 23.9 Å². The molecule has 0 bridgehead atoms. The SMILES string of the molecule is OC(CNc1cccc(OC(F)(F)F)c1)(c1ccc2c(cnn2-c2ccc(F)cc2)c1)C(F)(F)F. The quantitative estimate of drug-likeness (QED) is 0.323. The number of aliphatic hydroxyl groups is 1. The van der Waals surface area contributed by atoms with Crippen molar-refractivity contribution in [2.45, 2.75) is 18.1 Å². The summed E-state index contributed by atoms with van der Waals surface area (Å²) in [4.78, 5) is 0. The molecule has 0 spiro atoms. The number of rotatable bonds is 6. The van der Waals surface area contributed by atoms with Gasteiger partial charge < -0.3 is 15.2 Å². The summed E-state index contributed by atoms with van der Waals surface area (Å²) in [5.74, 6) is -1.10. The van der Waals surface area contributed by atoms with E-state index in [0.29, 0.717) is 11.2 Å². The van der Waals surface area contributed by atoms with Gasteiger partial charge in [-0.2, -0.15) is 18.3 Å². The summed E-state index contributed by atoms with van der Waals surface area (Å²) in [5.41, 5.74) is -3.14. The Morgan fingerprint density at radius 2 is 1.63 bits per heavy atom. The maximum atomic E-state index is 14.0. The van der Waals surface area contributed by atoms with E-state index in [9.17, 15) is 35.8 Å². The molecule has 35 heavy (non-hydrogen) atoms. The van der Waals surface area contributed by atoms with Crippen molar-refractivity contribution >= 4 is 16.6 Å².